The molecule has 2 fully saturated rings. The number of fused-ring (bicyclic) bond motifs is 1. The van der Waals surface area contributed by atoms with Crippen molar-refractivity contribution in [2.45, 2.75) is 37.7 Å². The molecule has 0 radical (unpaired) electrons. The third-order valence-corrected chi connectivity index (χ3v) is 3.68. The van der Waals surface area contributed by atoms with Crippen LogP contribution >= 0.6 is 0 Å². The molecule has 18 heavy (non-hydrogen) atoms. The lowest BCUT2D eigenvalue weighted by Crippen LogP contribution is -2.59. The Labute approximate surface area is 103 Å². The lowest BCUT2D eigenvalue weighted by atomic mass is 9.99. The number of carbonyl (C=O) groups excluding carboxylic acids is 1. The van der Waals surface area contributed by atoms with Gasteiger partial charge in [0.05, 0.1) is 0 Å². The molecule has 0 saturated carbocycles. The van der Waals surface area contributed by atoms with Gasteiger partial charge in [0.25, 0.3) is 5.91 Å². The van der Waals surface area contributed by atoms with Gasteiger partial charge in [0.2, 0.25) is 0 Å². The standard InChI is InChI=1S/C11H16F4N2O/c12-9(13)11(14,15)10(18)17-6-5-16-4-2-1-3-8(16)7-17/h8-9H,1-7H2. The fraction of sp³-hybridized carbons (Fsp3) is 0.909. The van der Waals surface area contributed by atoms with E-state index in [-0.39, 0.29) is 19.1 Å². The first kappa shape index (κ1) is 13.6. The van der Waals surface area contributed by atoms with Gasteiger partial charge in [-0.2, -0.15) is 8.78 Å². The van der Waals surface area contributed by atoms with E-state index in [9.17, 15) is 22.4 Å². The molecule has 2 heterocycles. The van der Waals surface area contributed by atoms with Crippen molar-refractivity contribution < 1.29 is 22.4 Å². The van der Waals surface area contributed by atoms with Crippen LogP contribution in [0.3, 0.4) is 0 Å². The van der Waals surface area contributed by atoms with E-state index >= 15 is 0 Å². The number of alkyl halides is 4. The van der Waals surface area contributed by atoms with Crippen LogP contribution in [0.4, 0.5) is 17.6 Å². The molecule has 3 nitrogen and oxygen atoms in total. The second-order valence-electron chi connectivity index (χ2n) is 4.86. The first-order chi connectivity index (χ1) is 8.43. The van der Waals surface area contributed by atoms with Gasteiger partial charge in [-0.15, -0.1) is 0 Å². The molecular weight excluding hydrogens is 252 g/mol. The molecule has 1 atom stereocenters. The van der Waals surface area contributed by atoms with Crippen molar-refractivity contribution in [1.29, 1.82) is 0 Å². The summed E-state index contributed by atoms with van der Waals surface area (Å²) in [5.74, 6) is -6.29. The van der Waals surface area contributed by atoms with Gasteiger partial charge in [0, 0.05) is 25.7 Å². The van der Waals surface area contributed by atoms with Gasteiger partial charge in [0.1, 0.15) is 0 Å². The smallest absolute Gasteiger partial charge is 0.334 e. The van der Waals surface area contributed by atoms with Crippen LogP contribution in [-0.4, -0.2) is 60.3 Å². The number of halogens is 4. The van der Waals surface area contributed by atoms with Crippen LogP contribution in [0.25, 0.3) is 0 Å². The van der Waals surface area contributed by atoms with E-state index in [0.29, 0.717) is 6.54 Å². The molecular formula is C11H16F4N2O. The zero-order valence-corrected chi connectivity index (χ0v) is 9.92. The highest BCUT2D eigenvalue weighted by Gasteiger charge is 2.52. The topological polar surface area (TPSA) is 23.6 Å². The second-order valence-corrected chi connectivity index (χ2v) is 4.86. The molecule has 0 spiro atoms. The maximum Gasteiger partial charge on any atom is 0.383 e. The molecule has 2 aliphatic rings. The molecule has 1 amide bonds. The number of piperidine rings is 1. The molecule has 104 valence electrons. The van der Waals surface area contributed by atoms with Gasteiger partial charge in [-0.05, 0) is 19.4 Å². The maximum absolute atomic E-state index is 13.0. The van der Waals surface area contributed by atoms with Gasteiger partial charge in [0.15, 0.2) is 0 Å². The minimum Gasteiger partial charge on any atom is -0.334 e. The van der Waals surface area contributed by atoms with Crippen LogP contribution in [-0.2, 0) is 4.79 Å². The van der Waals surface area contributed by atoms with E-state index in [2.05, 4.69) is 4.90 Å². The van der Waals surface area contributed by atoms with Crippen LogP contribution in [0.5, 0.6) is 0 Å². The fourth-order valence-corrected chi connectivity index (χ4v) is 2.64. The van der Waals surface area contributed by atoms with Crippen LogP contribution < -0.4 is 0 Å². The number of amides is 1. The molecule has 2 saturated heterocycles. The summed E-state index contributed by atoms with van der Waals surface area (Å²) in [6, 6.07) is 0.0462. The van der Waals surface area contributed by atoms with Crippen molar-refractivity contribution in [1.82, 2.24) is 9.80 Å². The van der Waals surface area contributed by atoms with Crippen molar-refractivity contribution in [3.63, 3.8) is 0 Å². The molecule has 0 aromatic carbocycles. The number of hydrogen-bond donors (Lipinski definition) is 0. The molecule has 2 rings (SSSR count). The Kier molecular flexibility index (Phi) is 3.79. The lowest BCUT2D eigenvalue weighted by Gasteiger charge is -2.44. The Hall–Kier alpha value is -0.850. The Morgan fingerprint density at radius 3 is 2.56 bits per heavy atom. The van der Waals surface area contributed by atoms with Gasteiger partial charge in [-0.3, -0.25) is 9.69 Å². The molecule has 0 bridgehead atoms. The molecule has 1 unspecified atom stereocenters. The van der Waals surface area contributed by atoms with Crippen LogP contribution in [0, 0.1) is 0 Å². The summed E-state index contributed by atoms with van der Waals surface area (Å²) in [6.45, 7) is 1.65. The molecule has 0 aliphatic carbocycles. The third kappa shape index (κ3) is 2.46. The number of hydrogen-bond acceptors (Lipinski definition) is 2. The van der Waals surface area contributed by atoms with Gasteiger partial charge < -0.3 is 4.90 Å². The number of piperazine rings is 1. The van der Waals surface area contributed by atoms with Crippen molar-refractivity contribution in [2.75, 3.05) is 26.2 Å². The average Bonchev–Trinajstić information content (AvgIpc) is 2.37. The van der Waals surface area contributed by atoms with E-state index < -0.39 is 18.3 Å². The van der Waals surface area contributed by atoms with Gasteiger partial charge >= 0.3 is 12.3 Å². The second kappa shape index (κ2) is 5.03. The van der Waals surface area contributed by atoms with Crippen molar-refractivity contribution >= 4 is 5.91 Å². The van der Waals surface area contributed by atoms with E-state index in [1.807, 2.05) is 0 Å². The monoisotopic (exact) mass is 268 g/mol. The van der Waals surface area contributed by atoms with Crippen molar-refractivity contribution in [3.05, 3.63) is 0 Å². The predicted octanol–water partition coefficient (Wildman–Crippen LogP) is 1.58. The third-order valence-electron chi connectivity index (χ3n) is 3.68. The first-order valence-corrected chi connectivity index (χ1v) is 6.12. The highest BCUT2D eigenvalue weighted by molar-refractivity contribution is 5.84. The normalized spacial score (nSPS) is 26.3. The zero-order valence-electron chi connectivity index (χ0n) is 9.92. The van der Waals surface area contributed by atoms with Crippen molar-refractivity contribution in [2.24, 2.45) is 0 Å². The van der Waals surface area contributed by atoms with E-state index in [1.165, 1.54) is 0 Å². The predicted molar refractivity (Wildman–Crippen MR) is 56.7 cm³/mol. The Morgan fingerprint density at radius 2 is 1.89 bits per heavy atom. The summed E-state index contributed by atoms with van der Waals surface area (Å²) in [5, 5.41) is 0. The lowest BCUT2D eigenvalue weighted by molar-refractivity contribution is -0.183. The number of carbonyl (C=O) groups is 1. The first-order valence-electron chi connectivity index (χ1n) is 6.12. The van der Waals surface area contributed by atoms with Gasteiger partial charge in [-0.1, -0.05) is 6.42 Å². The van der Waals surface area contributed by atoms with Gasteiger partial charge in [-0.25, -0.2) is 8.78 Å². The highest BCUT2D eigenvalue weighted by Crippen LogP contribution is 2.28. The fourth-order valence-electron chi connectivity index (χ4n) is 2.64. The zero-order chi connectivity index (χ0) is 13.3. The van der Waals surface area contributed by atoms with Crippen LogP contribution in [0.15, 0.2) is 0 Å². The largest absolute Gasteiger partial charge is 0.383 e. The van der Waals surface area contributed by atoms with Crippen LogP contribution in [0.2, 0.25) is 0 Å². The van der Waals surface area contributed by atoms with Crippen LogP contribution in [0.1, 0.15) is 19.3 Å². The maximum atomic E-state index is 13.0. The Balaban J connectivity index is 2.00. The highest BCUT2D eigenvalue weighted by atomic mass is 19.3. The minimum absolute atomic E-state index is 0.0462. The molecule has 0 aromatic heterocycles. The summed E-state index contributed by atoms with van der Waals surface area (Å²) in [5.41, 5.74) is 0. The quantitative estimate of drug-likeness (QED) is 0.710. The summed E-state index contributed by atoms with van der Waals surface area (Å²) >= 11 is 0. The molecule has 0 N–H and O–H groups in total. The summed E-state index contributed by atoms with van der Waals surface area (Å²) in [6.07, 6.45) is -1.04. The van der Waals surface area contributed by atoms with Crippen molar-refractivity contribution in [3.8, 4) is 0 Å². The number of rotatable bonds is 2. The van der Waals surface area contributed by atoms with E-state index in [1.54, 1.807) is 0 Å². The Bertz CT molecular complexity index is 324. The average molecular weight is 268 g/mol. The SMILES string of the molecule is O=C(N1CCN2CCCCC2C1)C(F)(F)C(F)F. The van der Waals surface area contributed by atoms with E-state index in [4.69, 9.17) is 0 Å². The molecule has 0 aromatic rings. The molecule has 2 aliphatic heterocycles. The summed E-state index contributed by atoms with van der Waals surface area (Å²) < 4.78 is 50.3. The summed E-state index contributed by atoms with van der Waals surface area (Å²) in [4.78, 5) is 14.4. The Morgan fingerprint density at radius 1 is 1.17 bits per heavy atom. The minimum atomic E-state index is -4.56. The number of nitrogens with zero attached hydrogens (tertiary/aromatic N) is 2. The summed E-state index contributed by atoms with van der Waals surface area (Å²) in [7, 11) is 0. The molecule has 7 heteroatoms. The van der Waals surface area contributed by atoms with E-state index in [0.717, 1.165) is 30.7 Å².